The van der Waals surface area contributed by atoms with E-state index in [1.54, 1.807) is 6.08 Å². The summed E-state index contributed by atoms with van der Waals surface area (Å²) in [5.41, 5.74) is 2.41. The smallest absolute Gasteiger partial charge is 0.132 e. The van der Waals surface area contributed by atoms with Crippen molar-refractivity contribution in [2.75, 3.05) is 6.67 Å². The molecule has 0 atom stereocenters. The first-order valence-corrected chi connectivity index (χ1v) is 8.36. The van der Waals surface area contributed by atoms with Gasteiger partial charge >= 0.3 is 0 Å². The molecule has 0 radical (unpaired) electrons. The number of allylic oxidation sites excluding steroid dienone is 3. The third kappa shape index (κ3) is 7.08. The molecule has 0 saturated carbocycles. The zero-order valence-corrected chi connectivity index (χ0v) is 15.8. The number of aliphatic imine (C=N–C) groups is 1. The monoisotopic (exact) mass is 338 g/mol. The van der Waals surface area contributed by atoms with E-state index in [1.807, 2.05) is 70.2 Å². The van der Waals surface area contributed by atoms with Gasteiger partial charge in [0.1, 0.15) is 12.4 Å². The summed E-state index contributed by atoms with van der Waals surface area (Å²) >= 11 is 0. The minimum absolute atomic E-state index is 0.257. The molecule has 0 heterocycles. The van der Waals surface area contributed by atoms with Gasteiger partial charge in [0, 0.05) is 16.6 Å². The van der Waals surface area contributed by atoms with Crippen LogP contribution in [-0.2, 0) is 0 Å². The second kappa shape index (κ2) is 12.6. The van der Waals surface area contributed by atoms with Crippen molar-refractivity contribution >= 4 is 23.2 Å². The highest BCUT2D eigenvalue weighted by atomic mass is 16.3. The number of hydrogen-bond acceptors (Lipinski definition) is 3. The van der Waals surface area contributed by atoms with Gasteiger partial charge in [0.25, 0.3) is 0 Å². The summed E-state index contributed by atoms with van der Waals surface area (Å²) in [6.07, 6.45) is 3.63. The third-order valence-corrected chi connectivity index (χ3v) is 2.96. The van der Waals surface area contributed by atoms with Gasteiger partial charge in [0.05, 0.1) is 0 Å². The lowest BCUT2D eigenvalue weighted by Crippen LogP contribution is -2.12. The summed E-state index contributed by atoms with van der Waals surface area (Å²) in [6, 6.07) is 11.6. The molecule has 3 nitrogen and oxygen atoms in total. The molecule has 0 bridgehead atoms. The third-order valence-electron chi connectivity index (χ3n) is 2.96. The van der Waals surface area contributed by atoms with Crippen LogP contribution in [0.3, 0.4) is 0 Å². The Morgan fingerprint density at radius 1 is 1.20 bits per heavy atom. The zero-order chi connectivity index (χ0) is 19.2. The molecule has 0 aliphatic carbocycles. The molecule has 2 rings (SSSR count). The van der Waals surface area contributed by atoms with Gasteiger partial charge in [-0.2, -0.15) is 0 Å². The van der Waals surface area contributed by atoms with Crippen LogP contribution in [0.4, 0.5) is 0 Å². The number of nitrogens with one attached hydrogen (secondary N) is 1. The number of fused-ring (bicyclic) bond motifs is 1. The Bertz CT molecular complexity index is 730. The van der Waals surface area contributed by atoms with Crippen LogP contribution in [0, 0.1) is 0 Å². The van der Waals surface area contributed by atoms with E-state index in [0.29, 0.717) is 6.67 Å². The van der Waals surface area contributed by atoms with Crippen molar-refractivity contribution in [3.63, 3.8) is 0 Å². The van der Waals surface area contributed by atoms with E-state index in [-0.39, 0.29) is 5.75 Å². The fourth-order valence-electron chi connectivity index (χ4n) is 2.08. The lowest BCUT2D eigenvalue weighted by molar-refractivity contribution is 0.479. The van der Waals surface area contributed by atoms with Gasteiger partial charge in [-0.15, -0.1) is 6.58 Å². The molecule has 0 aliphatic heterocycles. The number of nitrogens with zero attached hydrogens (tertiary/aromatic N) is 1. The van der Waals surface area contributed by atoms with Crippen molar-refractivity contribution in [2.24, 2.45) is 4.99 Å². The molecule has 2 N–H and O–H groups in total. The first kappa shape index (κ1) is 22.2. The van der Waals surface area contributed by atoms with Crippen molar-refractivity contribution in [1.82, 2.24) is 5.32 Å². The minimum Gasteiger partial charge on any atom is -0.507 e. The van der Waals surface area contributed by atoms with Crippen LogP contribution in [0.25, 0.3) is 16.5 Å². The second-order valence-electron chi connectivity index (χ2n) is 5.05. The molecule has 2 aromatic rings. The number of hydrogen-bond donors (Lipinski definition) is 2. The molecular weight excluding hydrogens is 308 g/mol. The zero-order valence-electron chi connectivity index (χ0n) is 15.8. The molecule has 0 spiro atoms. The van der Waals surface area contributed by atoms with Crippen LogP contribution in [-0.4, -0.2) is 18.5 Å². The molecule has 0 fully saturated rings. The Kier molecular flexibility index (Phi) is 11.2. The van der Waals surface area contributed by atoms with E-state index >= 15 is 0 Å². The van der Waals surface area contributed by atoms with Crippen molar-refractivity contribution in [3.8, 4) is 5.75 Å². The summed E-state index contributed by atoms with van der Waals surface area (Å²) in [7, 11) is 0. The Hall–Kier alpha value is -2.81. The van der Waals surface area contributed by atoms with Crippen LogP contribution >= 0.6 is 0 Å². The maximum atomic E-state index is 10.5. The first-order chi connectivity index (χ1) is 12.0. The highest BCUT2D eigenvalue weighted by Gasteiger charge is 2.10. The van der Waals surface area contributed by atoms with Gasteiger partial charge < -0.3 is 10.4 Å². The number of rotatable bonds is 5. The number of phenols is 1. The van der Waals surface area contributed by atoms with Gasteiger partial charge in [-0.05, 0) is 38.1 Å². The predicted octanol–water partition coefficient (Wildman–Crippen LogP) is 5.93. The summed E-state index contributed by atoms with van der Waals surface area (Å²) in [5.74, 6) is 0.257. The summed E-state index contributed by atoms with van der Waals surface area (Å²) in [6.45, 7) is 18.9. The lowest BCUT2D eigenvalue weighted by atomic mass is 10.0. The average Bonchev–Trinajstić information content (AvgIpc) is 2.61. The maximum absolute atomic E-state index is 10.5. The Balaban J connectivity index is 0.00000104. The SMILES string of the molecule is C=CC.C=NCN/C(=C\C(=C)C)c1ccc2ccccc2c1O.CC. The molecular formula is C22H30N2O. The molecule has 0 aliphatic rings. The van der Waals surface area contributed by atoms with Gasteiger partial charge in [-0.25, -0.2) is 0 Å². The Morgan fingerprint density at radius 2 is 1.80 bits per heavy atom. The van der Waals surface area contributed by atoms with Crippen LogP contribution in [0.5, 0.6) is 5.75 Å². The quantitative estimate of drug-likeness (QED) is 0.403. The van der Waals surface area contributed by atoms with E-state index in [0.717, 1.165) is 27.6 Å². The van der Waals surface area contributed by atoms with E-state index in [4.69, 9.17) is 0 Å². The standard InChI is InChI=1S/C17H18N2O.C3H6.C2H6/c1-12(2)10-16(19-11-18-3)15-9-8-13-6-4-5-7-14(13)17(15)20;1-3-2;1-2/h4-10,19-20H,1,3,11H2,2H3;3H,1H2,2H3;1-2H3/b16-10-;;. The van der Waals surface area contributed by atoms with E-state index in [2.05, 4.69) is 30.2 Å². The van der Waals surface area contributed by atoms with Crippen molar-refractivity contribution < 1.29 is 5.11 Å². The van der Waals surface area contributed by atoms with Crippen molar-refractivity contribution in [1.29, 1.82) is 0 Å². The number of phenolic OH excluding ortho intramolecular Hbond substituents is 1. The summed E-state index contributed by atoms with van der Waals surface area (Å²) in [4.78, 5) is 3.79. The molecule has 3 heteroatoms. The number of benzene rings is 2. The topological polar surface area (TPSA) is 44.6 Å². The Labute approximate surface area is 152 Å². The van der Waals surface area contributed by atoms with Crippen LogP contribution in [0.2, 0.25) is 0 Å². The van der Waals surface area contributed by atoms with Crippen LogP contribution in [0.1, 0.15) is 33.3 Å². The summed E-state index contributed by atoms with van der Waals surface area (Å²) in [5, 5.41) is 15.4. The average molecular weight is 338 g/mol. The van der Waals surface area contributed by atoms with E-state index in [9.17, 15) is 5.11 Å². The molecule has 0 amide bonds. The molecule has 0 aromatic heterocycles. The van der Waals surface area contributed by atoms with E-state index in [1.165, 1.54) is 0 Å². The molecule has 0 saturated heterocycles. The van der Waals surface area contributed by atoms with Crippen LogP contribution in [0.15, 0.2) is 72.3 Å². The van der Waals surface area contributed by atoms with Gasteiger partial charge in [0.2, 0.25) is 0 Å². The normalized spacial score (nSPS) is 9.84. The van der Waals surface area contributed by atoms with Crippen LogP contribution < -0.4 is 5.32 Å². The fraction of sp³-hybridized carbons (Fsp3) is 0.227. The largest absolute Gasteiger partial charge is 0.507 e. The van der Waals surface area contributed by atoms with Gasteiger partial charge in [-0.3, -0.25) is 4.99 Å². The highest BCUT2D eigenvalue weighted by Crippen LogP contribution is 2.32. The molecule has 0 unspecified atom stereocenters. The molecule has 2 aromatic carbocycles. The minimum atomic E-state index is 0.257. The Morgan fingerprint density at radius 3 is 2.36 bits per heavy atom. The maximum Gasteiger partial charge on any atom is 0.132 e. The summed E-state index contributed by atoms with van der Waals surface area (Å²) < 4.78 is 0. The molecule has 25 heavy (non-hydrogen) atoms. The van der Waals surface area contributed by atoms with Gasteiger partial charge in [-0.1, -0.05) is 62.4 Å². The van der Waals surface area contributed by atoms with Gasteiger partial charge in [0.15, 0.2) is 0 Å². The first-order valence-electron chi connectivity index (χ1n) is 8.36. The fourth-order valence-corrected chi connectivity index (χ4v) is 2.08. The van der Waals surface area contributed by atoms with Crippen molar-refractivity contribution in [3.05, 3.63) is 72.8 Å². The van der Waals surface area contributed by atoms with Crippen molar-refractivity contribution in [2.45, 2.75) is 27.7 Å². The second-order valence-corrected chi connectivity index (χ2v) is 5.05. The number of aromatic hydroxyl groups is 1. The molecule has 134 valence electrons. The highest BCUT2D eigenvalue weighted by molar-refractivity contribution is 5.93. The van der Waals surface area contributed by atoms with E-state index < -0.39 is 0 Å². The lowest BCUT2D eigenvalue weighted by Gasteiger charge is -2.13. The predicted molar refractivity (Wildman–Crippen MR) is 113 cm³/mol.